The molecule has 9 heteroatoms. The van der Waals surface area contributed by atoms with Gasteiger partial charge in [-0.15, -0.1) is 0 Å². The lowest BCUT2D eigenvalue weighted by Crippen LogP contribution is -2.47. The van der Waals surface area contributed by atoms with Crippen molar-refractivity contribution in [2.24, 2.45) is 0 Å². The van der Waals surface area contributed by atoms with Gasteiger partial charge in [-0.3, -0.25) is 14.4 Å². The van der Waals surface area contributed by atoms with E-state index < -0.39 is 0 Å². The Bertz CT molecular complexity index is 1500. The molecular weight excluding hydrogens is 514 g/mol. The number of amides is 3. The van der Waals surface area contributed by atoms with Gasteiger partial charge in [-0.1, -0.05) is 23.7 Å². The summed E-state index contributed by atoms with van der Waals surface area (Å²) in [4.78, 5) is 46.7. The minimum atomic E-state index is -0.256. The summed E-state index contributed by atoms with van der Waals surface area (Å²) in [7, 11) is 2.05. The largest absolute Gasteiger partial charge is 0.358 e. The van der Waals surface area contributed by atoms with Gasteiger partial charge in [-0.2, -0.15) is 0 Å². The molecule has 1 saturated heterocycles. The first kappa shape index (κ1) is 26.7. The summed E-state index contributed by atoms with van der Waals surface area (Å²) in [5.74, 6) is -0.507. The third-order valence-corrected chi connectivity index (χ3v) is 7.77. The molecule has 39 heavy (non-hydrogen) atoms. The zero-order valence-electron chi connectivity index (χ0n) is 22.5. The van der Waals surface area contributed by atoms with Gasteiger partial charge in [0.2, 0.25) is 0 Å². The molecule has 8 nitrogen and oxygen atoms in total. The highest BCUT2D eigenvalue weighted by Gasteiger charge is 2.28. The van der Waals surface area contributed by atoms with Crippen molar-refractivity contribution in [1.29, 1.82) is 0 Å². The predicted molar refractivity (Wildman–Crippen MR) is 154 cm³/mol. The highest BCUT2D eigenvalue weighted by Crippen LogP contribution is 2.35. The minimum Gasteiger partial charge on any atom is -0.358 e. The van der Waals surface area contributed by atoms with E-state index in [9.17, 15) is 14.4 Å². The van der Waals surface area contributed by atoms with E-state index in [-0.39, 0.29) is 23.8 Å². The van der Waals surface area contributed by atoms with Crippen molar-refractivity contribution >= 4 is 46.7 Å². The van der Waals surface area contributed by atoms with Gasteiger partial charge in [0.25, 0.3) is 17.7 Å². The van der Waals surface area contributed by atoms with E-state index in [4.69, 9.17) is 11.6 Å². The van der Waals surface area contributed by atoms with Crippen LogP contribution in [0.5, 0.6) is 0 Å². The first-order valence-electron chi connectivity index (χ1n) is 13.0. The monoisotopic (exact) mass is 545 g/mol. The third-order valence-electron chi connectivity index (χ3n) is 7.53. The molecule has 3 heterocycles. The van der Waals surface area contributed by atoms with Gasteiger partial charge in [-0.25, -0.2) is 0 Å². The molecule has 0 saturated carbocycles. The fraction of sp³-hybridized carbons (Fsp3) is 0.300. The topological polar surface area (TPSA) is 97.5 Å². The molecule has 1 fully saturated rings. The molecule has 2 aromatic carbocycles. The average Bonchev–Trinajstić information content (AvgIpc) is 3.37. The molecule has 0 aliphatic carbocycles. The number of rotatable bonds is 5. The van der Waals surface area contributed by atoms with E-state index >= 15 is 0 Å². The number of aryl methyl sites for hydroxylation is 1. The van der Waals surface area contributed by atoms with Crippen molar-refractivity contribution in [2.75, 3.05) is 38.5 Å². The molecule has 3 aromatic rings. The molecule has 0 unspecified atom stereocenters. The highest BCUT2D eigenvalue weighted by atomic mass is 35.5. The molecular formula is C30H32ClN5O3. The number of benzene rings is 2. The Labute approximate surface area is 233 Å². The Morgan fingerprint density at radius 3 is 2.54 bits per heavy atom. The van der Waals surface area contributed by atoms with Crippen molar-refractivity contribution in [3.8, 4) is 0 Å². The molecule has 3 amide bonds. The first-order chi connectivity index (χ1) is 18.6. The standard InChI is InChI=1S/C30H32ClN5O3/c1-17-26(32-19(3)27(17)30(39)36-12-10-35(4)11-13-36)16-24-23-15-21(8-9-25(23)34-29(24)38)28(37)33-18(2)20-6-5-7-22(31)14-20/h5-9,14-16,18,32H,10-13H2,1-4H3,(H,33,37)(H,34,38)/b24-16-/t18-/m0/s1. The van der Waals surface area contributed by atoms with Gasteiger partial charge >= 0.3 is 0 Å². The zero-order valence-corrected chi connectivity index (χ0v) is 23.3. The van der Waals surface area contributed by atoms with Crippen LogP contribution >= 0.6 is 11.6 Å². The summed E-state index contributed by atoms with van der Waals surface area (Å²) < 4.78 is 0. The normalized spacial score (nSPS) is 17.2. The summed E-state index contributed by atoms with van der Waals surface area (Å²) in [5, 5.41) is 6.48. The quantitative estimate of drug-likeness (QED) is 0.406. The number of nitrogens with one attached hydrogen (secondary N) is 3. The van der Waals surface area contributed by atoms with Gasteiger partial charge in [-0.05, 0) is 75.4 Å². The Balaban J connectivity index is 1.41. The Kier molecular flexibility index (Phi) is 7.34. The van der Waals surface area contributed by atoms with Crippen LogP contribution in [0.15, 0.2) is 42.5 Å². The van der Waals surface area contributed by atoms with Crippen molar-refractivity contribution in [1.82, 2.24) is 20.1 Å². The summed E-state index contributed by atoms with van der Waals surface area (Å²) in [6.07, 6.45) is 1.76. The number of hydrogen-bond donors (Lipinski definition) is 3. The van der Waals surface area contributed by atoms with Crippen LogP contribution in [0.4, 0.5) is 5.69 Å². The lowest BCUT2D eigenvalue weighted by molar-refractivity contribution is -0.110. The van der Waals surface area contributed by atoms with Crippen molar-refractivity contribution < 1.29 is 14.4 Å². The Morgan fingerprint density at radius 2 is 1.82 bits per heavy atom. The van der Waals surface area contributed by atoms with Gasteiger partial charge in [0.05, 0.1) is 17.2 Å². The van der Waals surface area contributed by atoms with Crippen LogP contribution in [0.2, 0.25) is 5.02 Å². The number of carbonyl (C=O) groups excluding carboxylic acids is 3. The fourth-order valence-corrected chi connectivity index (χ4v) is 5.36. The average molecular weight is 546 g/mol. The van der Waals surface area contributed by atoms with E-state index in [2.05, 4.69) is 27.6 Å². The lowest BCUT2D eigenvalue weighted by Gasteiger charge is -2.32. The maximum absolute atomic E-state index is 13.3. The van der Waals surface area contributed by atoms with E-state index in [0.29, 0.717) is 51.8 Å². The number of H-pyrrole nitrogens is 1. The molecule has 0 radical (unpaired) electrons. The molecule has 2 aliphatic heterocycles. The first-order valence-corrected chi connectivity index (χ1v) is 13.4. The second-order valence-electron chi connectivity index (χ2n) is 10.3. The molecule has 0 bridgehead atoms. The molecule has 0 spiro atoms. The summed E-state index contributed by atoms with van der Waals surface area (Å²) in [6.45, 7) is 8.73. The van der Waals surface area contributed by atoms with Crippen LogP contribution < -0.4 is 10.6 Å². The summed E-state index contributed by atoms with van der Waals surface area (Å²) in [6, 6.07) is 12.3. The van der Waals surface area contributed by atoms with Gasteiger partial charge in [0, 0.05) is 59.4 Å². The van der Waals surface area contributed by atoms with Crippen LogP contribution in [0, 0.1) is 13.8 Å². The van der Waals surface area contributed by atoms with Crippen LogP contribution in [0.1, 0.15) is 61.8 Å². The lowest BCUT2D eigenvalue weighted by atomic mass is 10.0. The van der Waals surface area contributed by atoms with Crippen molar-refractivity contribution in [2.45, 2.75) is 26.8 Å². The van der Waals surface area contributed by atoms with Crippen molar-refractivity contribution in [3.05, 3.63) is 86.7 Å². The van der Waals surface area contributed by atoms with E-state index in [1.807, 2.05) is 43.9 Å². The predicted octanol–water partition coefficient (Wildman–Crippen LogP) is 4.66. The molecule has 1 atom stereocenters. The maximum atomic E-state index is 13.3. The number of fused-ring (bicyclic) bond motifs is 1. The third kappa shape index (κ3) is 5.35. The Morgan fingerprint density at radius 1 is 1.08 bits per heavy atom. The number of hydrogen-bond acceptors (Lipinski definition) is 4. The smallest absolute Gasteiger partial charge is 0.256 e. The van der Waals surface area contributed by atoms with Crippen LogP contribution in [-0.2, 0) is 4.79 Å². The molecule has 202 valence electrons. The van der Waals surface area contributed by atoms with Crippen LogP contribution in [0.25, 0.3) is 11.6 Å². The highest BCUT2D eigenvalue weighted by molar-refractivity contribution is 6.35. The molecule has 1 aromatic heterocycles. The summed E-state index contributed by atoms with van der Waals surface area (Å²) >= 11 is 6.10. The molecule has 3 N–H and O–H groups in total. The number of nitrogens with zero attached hydrogens (tertiary/aromatic N) is 2. The van der Waals surface area contributed by atoms with E-state index in [1.54, 1.807) is 30.3 Å². The van der Waals surface area contributed by atoms with Crippen molar-refractivity contribution in [3.63, 3.8) is 0 Å². The number of halogens is 1. The Hall–Kier alpha value is -3.88. The SMILES string of the molecule is Cc1[nH]c(/C=C2\C(=O)Nc3ccc(C(=O)N[C@@H](C)c4cccc(Cl)c4)cc32)c(C)c1C(=O)N1CCN(C)CC1. The number of likely N-dealkylation sites (N-methyl/N-ethyl adjacent to an activating group) is 1. The number of aromatic amines is 1. The van der Waals surface area contributed by atoms with Gasteiger partial charge < -0.3 is 25.4 Å². The van der Waals surface area contributed by atoms with Crippen LogP contribution in [-0.4, -0.2) is 65.7 Å². The summed E-state index contributed by atoms with van der Waals surface area (Å²) in [5.41, 5.74) is 5.97. The zero-order chi connectivity index (χ0) is 27.8. The van der Waals surface area contributed by atoms with Gasteiger partial charge in [0.1, 0.15) is 0 Å². The molecule has 2 aliphatic rings. The number of piperazine rings is 1. The number of carbonyl (C=O) groups is 3. The number of aromatic nitrogens is 1. The van der Waals surface area contributed by atoms with E-state index in [1.165, 1.54) is 0 Å². The van der Waals surface area contributed by atoms with Gasteiger partial charge in [0.15, 0.2) is 0 Å². The minimum absolute atomic E-state index is 0.00283. The second kappa shape index (κ2) is 10.7. The van der Waals surface area contributed by atoms with Crippen LogP contribution in [0.3, 0.4) is 0 Å². The fourth-order valence-electron chi connectivity index (χ4n) is 5.16. The maximum Gasteiger partial charge on any atom is 0.256 e. The van der Waals surface area contributed by atoms with E-state index in [0.717, 1.165) is 29.9 Å². The number of anilines is 1. The molecule has 5 rings (SSSR count). The second-order valence-corrected chi connectivity index (χ2v) is 10.7.